The molecule has 0 saturated heterocycles. The molecular formula is C18H18F2N4O. The number of aryl methyl sites for hydroxylation is 1. The van der Waals surface area contributed by atoms with Crippen LogP contribution in [0.2, 0.25) is 0 Å². The van der Waals surface area contributed by atoms with Gasteiger partial charge in [0, 0.05) is 23.6 Å². The first-order valence-corrected chi connectivity index (χ1v) is 8.45. The number of aromatic hydroxyl groups is 1. The topological polar surface area (TPSA) is 63.3 Å². The van der Waals surface area contributed by atoms with E-state index in [2.05, 4.69) is 15.1 Å². The quantitative estimate of drug-likeness (QED) is 0.759. The highest BCUT2D eigenvalue weighted by Gasteiger charge is 2.28. The standard InChI is InChI=1S/C18H18F2N4O/c1-10-15(16-13(19)7-12(25)8-14(16)20)17(11-5-3-2-4-6-11)24-18(23-10)21-9-22-24/h7-9,11,25H,2-6H2,1H3. The highest BCUT2D eigenvalue weighted by Crippen LogP contribution is 2.41. The number of phenolic OH excluding ortho intramolecular Hbond substituents is 1. The fraction of sp³-hybridized carbons (Fsp3) is 0.389. The van der Waals surface area contributed by atoms with Gasteiger partial charge in [0.15, 0.2) is 0 Å². The molecule has 0 atom stereocenters. The van der Waals surface area contributed by atoms with Gasteiger partial charge >= 0.3 is 0 Å². The molecule has 2 aromatic heterocycles. The van der Waals surface area contributed by atoms with E-state index in [1.807, 2.05) is 0 Å². The monoisotopic (exact) mass is 344 g/mol. The molecule has 5 nitrogen and oxygen atoms in total. The number of phenols is 1. The van der Waals surface area contributed by atoms with Crippen molar-refractivity contribution in [3.05, 3.63) is 41.5 Å². The van der Waals surface area contributed by atoms with E-state index >= 15 is 0 Å². The molecule has 3 aromatic rings. The third kappa shape index (κ3) is 2.63. The Bertz CT molecular complexity index is 925. The van der Waals surface area contributed by atoms with Crippen LogP contribution in [0.15, 0.2) is 18.5 Å². The van der Waals surface area contributed by atoms with Crippen molar-refractivity contribution in [3.8, 4) is 16.9 Å². The molecule has 1 fully saturated rings. The lowest BCUT2D eigenvalue weighted by Crippen LogP contribution is -2.15. The number of nitrogens with zero attached hydrogens (tertiary/aromatic N) is 4. The average molecular weight is 344 g/mol. The third-order valence-corrected chi connectivity index (χ3v) is 4.91. The Morgan fingerprint density at radius 2 is 1.76 bits per heavy atom. The molecular weight excluding hydrogens is 326 g/mol. The summed E-state index contributed by atoms with van der Waals surface area (Å²) in [6.45, 7) is 1.72. The summed E-state index contributed by atoms with van der Waals surface area (Å²) in [5, 5.41) is 13.7. The number of fused-ring (bicyclic) bond motifs is 1. The first-order chi connectivity index (χ1) is 12.1. The van der Waals surface area contributed by atoms with Crippen molar-refractivity contribution in [3.63, 3.8) is 0 Å². The van der Waals surface area contributed by atoms with Gasteiger partial charge in [-0.3, -0.25) is 0 Å². The van der Waals surface area contributed by atoms with Crippen molar-refractivity contribution in [2.24, 2.45) is 0 Å². The van der Waals surface area contributed by atoms with Gasteiger partial charge in [0.1, 0.15) is 23.7 Å². The highest BCUT2D eigenvalue weighted by atomic mass is 19.1. The van der Waals surface area contributed by atoms with Gasteiger partial charge in [0.2, 0.25) is 0 Å². The molecule has 25 heavy (non-hydrogen) atoms. The van der Waals surface area contributed by atoms with E-state index in [1.54, 1.807) is 11.4 Å². The zero-order valence-electron chi connectivity index (χ0n) is 13.8. The number of aromatic nitrogens is 4. The molecule has 0 radical (unpaired) electrons. The van der Waals surface area contributed by atoms with E-state index in [0.29, 0.717) is 17.0 Å². The van der Waals surface area contributed by atoms with Crippen LogP contribution in [0.5, 0.6) is 5.75 Å². The molecule has 7 heteroatoms. The zero-order valence-corrected chi connectivity index (χ0v) is 13.8. The second-order valence-electron chi connectivity index (χ2n) is 6.55. The van der Waals surface area contributed by atoms with Crippen LogP contribution in [0.4, 0.5) is 8.78 Å². The smallest absolute Gasteiger partial charge is 0.252 e. The number of hydrogen-bond donors (Lipinski definition) is 1. The van der Waals surface area contributed by atoms with Crippen molar-refractivity contribution in [1.29, 1.82) is 0 Å². The van der Waals surface area contributed by atoms with Crippen LogP contribution in [0.1, 0.15) is 49.4 Å². The fourth-order valence-corrected chi connectivity index (χ4v) is 3.84. The Morgan fingerprint density at radius 3 is 2.44 bits per heavy atom. The number of rotatable bonds is 2. The number of benzene rings is 1. The maximum atomic E-state index is 14.6. The van der Waals surface area contributed by atoms with E-state index in [4.69, 9.17) is 0 Å². The van der Waals surface area contributed by atoms with Crippen LogP contribution in [0.3, 0.4) is 0 Å². The van der Waals surface area contributed by atoms with Crippen molar-refractivity contribution in [2.45, 2.75) is 44.9 Å². The Kier molecular flexibility index (Phi) is 3.86. The normalized spacial score (nSPS) is 15.8. The maximum Gasteiger partial charge on any atom is 0.252 e. The van der Waals surface area contributed by atoms with Gasteiger partial charge in [0.25, 0.3) is 5.78 Å². The molecule has 1 aromatic carbocycles. The first kappa shape index (κ1) is 15.9. The van der Waals surface area contributed by atoms with Gasteiger partial charge in [-0.1, -0.05) is 19.3 Å². The molecule has 1 aliphatic carbocycles. The molecule has 4 rings (SSSR count). The van der Waals surface area contributed by atoms with Gasteiger partial charge in [-0.2, -0.15) is 10.1 Å². The minimum absolute atomic E-state index is 0.141. The lowest BCUT2D eigenvalue weighted by atomic mass is 9.83. The zero-order chi connectivity index (χ0) is 17.6. The third-order valence-electron chi connectivity index (χ3n) is 4.91. The highest BCUT2D eigenvalue weighted by molar-refractivity contribution is 5.72. The van der Waals surface area contributed by atoms with Gasteiger partial charge in [-0.25, -0.2) is 18.3 Å². The Labute approximate surface area is 143 Å². The minimum atomic E-state index is -0.807. The summed E-state index contributed by atoms with van der Waals surface area (Å²) in [4.78, 5) is 8.51. The van der Waals surface area contributed by atoms with Gasteiger partial charge in [-0.05, 0) is 19.8 Å². The maximum absolute atomic E-state index is 14.6. The second-order valence-corrected chi connectivity index (χ2v) is 6.55. The summed E-state index contributed by atoms with van der Waals surface area (Å²) in [5.41, 5.74) is 1.51. The van der Waals surface area contributed by atoms with Crippen LogP contribution >= 0.6 is 0 Å². The number of hydrogen-bond acceptors (Lipinski definition) is 4. The van der Waals surface area contributed by atoms with E-state index in [0.717, 1.165) is 43.5 Å². The first-order valence-electron chi connectivity index (χ1n) is 8.45. The average Bonchev–Trinajstić information content (AvgIpc) is 3.02. The van der Waals surface area contributed by atoms with Crippen molar-refractivity contribution >= 4 is 5.78 Å². The van der Waals surface area contributed by atoms with Crippen LogP contribution in [0, 0.1) is 18.6 Å². The molecule has 130 valence electrons. The van der Waals surface area contributed by atoms with E-state index < -0.39 is 17.4 Å². The summed E-state index contributed by atoms with van der Waals surface area (Å²) < 4.78 is 30.8. The van der Waals surface area contributed by atoms with Crippen molar-refractivity contribution in [1.82, 2.24) is 19.6 Å². The molecule has 1 N–H and O–H groups in total. The molecule has 0 spiro atoms. The van der Waals surface area contributed by atoms with Gasteiger partial charge < -0.3 is 5.11 Å². The molecule has 0 amide bonds. The SMILES string of the molecule is Cc1nc2ncnn2c(C2CCCCC2)c1-c1c(F)cc(O)cc1F. The molecule has 2 heterocycles. The largest absolute Gasteiger partial charge is 0.508 e. The van der Waals surface area contributed by atoms with Crippen molar-refractivity contribution < 1.29 is 13.9 Å². The summed E-state index contributed by atoms with van der Waals surface area (Å²) in [6.07, 6.45) is 6.59. The van der Waals surface area contributed by atoms with E-state index in [9.17, 15) is 13.9 Å². The van der Waals surface area contributed by atoms with Crippen LogP contribution in [0.25, 0.3) is 16.9 Å². The van der Waals surface area contributed by atoms with Crippen LogP contribution in [-0.4, -0.2) is 24.7 Å². The van der Waals surface area contributed by atoms with E-state index in [1.165, 1.54) is 12.7 Å². The van der Waals surface area contributed by atoms with Gasteiger partial charge in [-0.15, -0.1) is 0 Å². The lowest BCUT2D eigenvalue weighted by molar-refractivity contribution is 0.430. The predicted molar refractivity (Wildman–Crippen MR) is 88.4 cm³/mol. The second kappa shape index (κ2) is 6.06. The minimum Gasteiger partial charge on any atom is -0.508 e. The molecule has 1 saturated carbocycles. The van der Waals surface area contributed by atoms with Gasteiger partial charge in [0.05, 0.1) is 17.0 Å². The molecule has 1 aliphatic rings. The summed E-state index contributed by atoms with van der Waals surface area (Å²) in [7, 11) is 0. The Balaban J connectivity index is 2.05. The predicted octanol–water partition coefficient (Wildman–Crippen LogP) is 4.13. The summed E-state index contributed by atoms with van der Waals surface area (Å²) in [5.74, 6) is -1.48. The summed E-state index contributed by atoms with van der Waals surface area (Å²) >= 11 is 0. The molecule has 0 aliphatic heterocycles. The Morgan fingerprint density at radius 1 is 1.08 bits per heavy atom. The fourth-order valence-electron chi connectivity index (χ4n) is 3.84. The lowest BCUT2D eigenvalue weighted by Gasteiger charge is -2.25. The summed E-state index contributed by atoms with van der Waals surface area (Å²) in [6, 6.07) is 1.85. The Hall–Kier alpha value is -2.57. The van der Waals surface area contributed by atoms with Crippen molar-refractivity contribution in [2.75, 3.05) is 0 Å². The van der Waals surface area contributed by atoms with Crippen LogP contribution < -0.4 is 0 Å². The molecule has 0 bridgehead atoms. The number of halogens is 2. The van der Waals surface area contributed by atoms with Crippen LogP contribution in [-0.2, 0) is 0 Å². The molecule has 0 unspecified atom stereocenters. The van der Waals surface area contributed by atoms with E-state index in [-0.39, 0.29) is 11.5 Å².